The highest BCUT2D eigenvalue weighted by Gasteiger charge is 1.98. The van der Waals surface area contributed by atoms with Crippen LogP contribution in [0, 0.1) is 0 Å². The topological polar surface area (TPSA) is 76.4 Å². The van der Waals surface area contributed by atoms with Crippen molar-refractivity contribution in [3.8, 4) is 0 Å². The summed E-state index contributed by atoms with van der Waals surface area (Å²) in [7, 11) is 0. The zero-order chi connectivity index (χ0) is 8.97. The molecule has 0 aliphatic carbocycles. The number of nitrogens with two attached hydrogens (primary N) is 2. The Hall–Kier alpha value is -1.07. The maximum atomic E-state index is 5.18. The lowest BCUT2D eigenvalue weighted by Crippen LogP contribution is -2.31. The van der Waals surface area contributed by atoms with Gasteiger partial charge >= 0.3 is 0 Å². The fourth-order valence-electron chi connectivity index (χ4n) is 0.803. The molecule has 0 saturated heterocycles. The van der Waals surface area contributed by atoms with Crippen molar-refractivity contribution in [1.29, 1.82) is 0 Å². The molecule has 0 aromatic heterocycles. The molecule has 0 aliphatic heterocycles. The van der Waals surface area contributed by atoms with E-state index in [4.69, 9.17) is 11.7 Å². The Morgan fingerprint density at radius 1 is 1.33 bits per heavy atom. The number of benzene rings is 1. The van der Waals surface area contributed by atoms with Crippen molar-refractivity contribution in [2.45, 2.75) is 0 Å². The number of hydrogen-bond acceptors (Lipinski definition) is 3. The number of hydrazine groups is 1. The van der Waals surface area contributed by atoms with Crippen LogP contribution in [0.15, 0.2) is 33.8 Å². The quantitative estimate of drug-likeness (QED) is 0.284. The van der Waals surface area contributed by atoms with Gasteiger partial charge in [-0.05, 0) is 12.1 Å². The number of nitrogens with one attached hydrogen (secondary N) is 1. The van der Waals surface area contributed by atoms with Crippen molar-refractivity contribution in [3.63, 3.8) is 0 Å². The maximum absolute atomic E-state index is 5.18. The molecule has 5 heteroatoms. The van der Waals surface area contributed by atoms with E-state index in [2.05, 4.69) is 26.5 Å². The summed E-state index contributed by atoms with van der Waals surface area (Å²) in [6.45, 7) is 0. The standard InChI is InChI=1S/C7H9BrN4/c8-6-3-1-5(2-4-6)7(11-9)12-10/h1-4H,9-10H2,(H,11,12). The van der Waals surface area contributed by atoms with Gasteiger partial charge in [-0.15, -0.1) is 0 Å². The first-order chi connectivity index (χ1) is 5.77. The molecule has 0 saturated carbocycles. The Balaban J connectivity index is 2.96. The molecule has 1 aromatic carbocycles. The zero-order valence-electron chi connectivity index (χ0n) is 6.29. The Bertz CT molecular complexity index is 280. The van der Waals surface area contributed by atoms with Gasteiger partial charge in [0, 0.05) is 10.0 Å². The van der Waals surface area contributed by atoms with E-state index in [1.165, 1.54) is 0 Å². The fraction of sp³-hybridized carbons (Fsp3) is 0. The molecular weight excluding hydrogens is 220 g/mol. The number of amidine groups is 1. The van der Waals surface area contributed by atoms with Gasteiger partial charge in [0.05, 0.1) is 0 Å². The van der Waals surface area contributed by atoms with E-state index in [-0.39, 0.29) is 0 Å². The molecule has 0 amide bonds. The van der Waals surface area contributed by atoms with Gasteiger partial charge in [0.15, 0.2) is 5.84 Å². The van der Waals surface area contributed by atoms with Crippen LogP contribution in [-0.4, -0.2) is 5.84 Å². The molecule has 0 atom stereocenters. The summed E-state index contributed by atoms with van der Waals surface area (Å²) in [5.41, 5.74) is 3.25. The predicted molar refractivity (Wildman–Crippen MR) is 52.2 cm³/mol. The molecule has 4 nitrogen and oxygen atoms in total. The van der Waals surface area contributed by atoms with Crippen molar-refractivity contribution < 1.29 is 0 Å². The predicted octanol–water partition coefficient (Wildman–Crippen LogP) is 0.533. The number of hydrazone groups is 1. The van der Waals surface area contributed by atoms with Crippen LogP contribution < -0.4 is 17.1 Å². The highest BCUT2D eigenvalue weighted by molar-refractivity contribution is 9.10. The minimum Gasteiger partial charge on any atom is -0.321 e. The van der Waals surface area contributed by atoms with Crippen LogP contribution in [0.3, 0.4) is 0 Å². The largest absolute Gasteiger partial charge is 0.321 e. The van der Waals surface area contributed by atoms with Crippen LogP contribution in [0.5, 0.6) is 0 Å². The normalized spacial score (nSPS) is 11.3. The average molecular weight is 229 g/mol. The van der Waals surface area contributed by atoms with Crippen LogP contribution >= 0.6 is 15.9 Å². The van der Waals surface area contributed by atoms with E-state index < -0.39 is 0 Å². The minimum absolute atomic E-state index is 0.461. The lowest BCUT2D eigenvalue weighted by molar-refractivity contribution is 1.00. The Morgan fingerprint density at radius 2 is 1.92 bits per heavy atom. The number of hydrogen-bond donors (Lipinski definition) is 3. The van der Waals surface area contributed by atoms with Crippen molar-refractivity contribution in [2.24, 2.45) is 16.8 Å². The van der Waals surface area contributed by atoms with Crippen LogP contribution in [0.2, 0.25) is 0 Å². The molecule has 0 fully saturated rings. The third-order valence-corrected chi connectivity index (χ3v) is 1.91. The maximum Gasteiger partial charge on any atom is 0.166 e. The highest BCUT2D eigenvalue weighted by atomic mass is 79.9. The number of rotatable bonds is 1. The second-order valence-electron chi connectivity index (χ2n) is 2.13. The van der Waals surface area contributed by atoms with E-state index in [1.54, 1.807) is 0 Å². The van der Waals surface area contributed by atoms with Crippen LogP contribution in [-0.2, 0) is 0 Å². The summed E-state index contributed by atoms with van der Waals surface area (Å²) in [5, 5.41) is 3.47. The summed E-state index contributed by atoms with van der Waals surface area (Å²) in [5.74, 6) is 10.7. The van der Waals surface area contributed by atoms with Crippen LogP contribution in [0.4, 0.5) is 0 Å². The lowest BCUT2D eigenvalue weighted by atomic mass is 10.2. The van der Waals surface area contributed by atoms with Crippen molar-refractivity contribution >= 4 is 21.8 Å². The molecule has 0 aliphatic rings. The summed E-state index contributed by atoms with van der Waals surface area (Å²) >= 11 is 3.32. The minimum atomic E-state index is 0.461. The third kappa shape index (κ3) is 1.96. The van der Waals surface area contributed by atoms with Crippen molar-refractivity contribution in [3.05, 3.63) is 34.3 Å². The van der Waals surface area contributed by atoms with Gasteiger partial charge in [-0.1, -0.05) is 28.1 Å². The van der Waals surface area contributed by atoms with Gasteiger partial charge in [-0.25, -0.2) is 5.84 Å². The first-order valence-corrected chi connectivity index (χ1v) is 4.07. The summed E-state index contributed by atoms with van der Waals surface area (Å²) in [6, 6.07) is 7.49. The van der Waals surface area contributed by atoms with Gasteiger partial charge < -0.3 is 11.3 Å². The van der Waals surface area contributed by atoms with Gasteiger partial charge in [-0.2, -0.15) is 5.10 Å². The molecule has 0 bridgehead atoms. The van der Waals surface area contributed by atoms with Crippen LogP contribution in [0.1, 0.15) is 5.56 Å². The molecular formula is C7H9BrN4. The highest BCUT2D eigenvalue weighted by Crippen LogP contribution is 2.10. The summed E-state index contributed by atoms with van der Waals surface area (Å²) in [6.07, 6.45) is 0. The van der Waals surface area contributed by atoms with Crippen molar-refractivity contribution in [1.82, 2.24) is 5.43 Å². The number of nitrogens with zero attached hydrogens (tertiary/aromatic N) is 1. The van der Waals surface area contributed by atoms with E-state index in [0.717, 1.165) is 10.0 Å². The molecule has 12 heavy (non-hydrogen) atoms. The average Bonchev–Trinajstić information content (AvgIpc) is 2.10. The first kappa shape index (κ1) is 9.02. The lowest BCUT2D eigenvalue weighted by Gasteiger charge is -2.02. The molecule has 0 radical (unpaired) electrons. The van der Waals surface area contributed by atoms with Gasteiger partial charge in [0.1, 0.15) is 0 Å². The summed E-state index contributed by atoms with van der Waals surface area (Å²) < 4.78 is 1.000. The first-order valence-electron chi connectivity index (χ1n) is 3.28. The Kier molecular flexibility index (Phi) is 3.07. The van der Waals surface area contributed by atoms with E-state index in [1.807, 2.05) is 24.3 Å². The van der Waals surface area contributed by atoms with Gasteiger partial charge in [-0.3, -0.25) is 0 Å². The van der Waals surface area contributed by atoms with Crippen molar-refractivity contribution in [2.75, 3.05) is 0 Å². The van der Waals surface area contributed by atoms with E-state index >= 15 is 0 Å². The van der Waals surface area contributed by atoms with Gasteiger partial charge in [0.2, 0.25) is 0 Å². The van der Waals surface area contributed by atoms with E-state index in [0.29, 0.717) is 5.84 Å². The Morgan fingerprint density at radius 3 is 2.33 bits per heavy atom. The Labute approximate surface area is 78.7 Å². The SMILES string of the molecule is N/N=C(\NN)c1ccc(Br)cc1. The smallest absolute Gasteiger partial charge is 0.166 e. The molecule has 1 rings (SSSR count). The molecule has 0 heterocycles. The van der Waals surface area contributed by atoms with E-state index in [9.17, 15) is 0 Å². The second-order valence-corrected chi connectivity index (χ2v) is 3.04. The second kappa shape index (κ2) is 4.08. The molecule has 5 N–H and O–H groups in total. The van der Waals surface area contributed by atoms with Gasteiger partial charge in [0.25, 0.3) is 0 Å². The monoisotopic (exact) mass is 228 g/mol. The zero-order valence-corrected chi connectivity index (χ0v) is 7.88. The third-order valence-electron chi connectivity index (χ3n) is 1.38. The van der Waals surface area contributed by atoms with Crippen LogP contribution in [0.25, 0.3) is 0 Å². The summed E-state index contributed by atoms with van der Waals surface area (Å²) in [4.78, 5) is 0. The molecule has 0 spiro atoms. The number of halogens is 1. The molecule has 1 aromatic rings. The molecule has 64 valence electrons. The molecule has 0 unspecified atom stereocenters. The fourth-order valence-corrected chi connectivity index (χ4v) is 1.07.